The van der Waals surface area contributed by atoms with E-state index in [-0.39, 0.29) is 12.1 Å². The highest BCUT2D eigenvalue weighted by Crippen LogP contribution is 2.20. The van der Waals surface area contributed by atoms with Gasteiger partial charge in [-0.15, -0.1) is 0 Å². The molecule has 0 atom stereocenters. The van der Waals surface area contributed by atoms with Crippen LogP contribution in [0.5, 0.6) is 0 Å². The Morgan fingerprint density at radius 3 is 2.72 bits per heavy atom. The largest absolute Gasteiger partial charge is 0.305 e. The zero-order chi connectivity index (χ0) is 13.3. The first-order chi connectivity index (χ1) is 8.49. The van der Waals surface area contributed by atoms with Crippen molar-refractivity contribution in [3.63, 3.8) is 0 Å². The van der Waals surface area contributed by atoms with Crippen molar-refractivity contribution in [3.05, 3.63) is 51.3 Å². The fraction of sp³-hybridized carbons (Fsp3) is 0.273. The maximum absolute atomic E-state index is 13.8. The second-order valence-electron chi connectivity index (χ2n) is 3.87. The van der Waals surface area contributed by atoms with Crippen LogP contribution in [0, 0.1) is 29.8 Å². The molecule has 18 heavy (non-hydrogen) atoms. The fourth-order valence-corrected chi connectivity index (χ4v) is 1.70. The van der Waals surface area contributed by atoms with E-state index in [9.17, 15) is 14.5 Å². The van der Waals surface area contributed by atoms with E-state index in [4.69, 9.17) is 0 Å². The van der Waals surface area contributed by atoms with Gasteiger partial charge in [-0.1, -0.05) is 12.1 Å². The Hall–Kier alpha value is -2.31. The quantitative estimate of drug-likeness (QED) is 0.616. The van der Waals surface area contributed by atoms with E-state index in [1.165, 1.54) is 16.8 Å². The van der Waals surface area contributed by atoms with Gasteiger partial charge in [-0.05, 0) is 13.8 Å². The third-order valence-corrected chi connectivity index (χ3v) is 2.54. The Morgan fingerprint density at radius 1 is 1.44 bits per heavy atom. The molecule has 0 fully saturated rings. The molecule has 0 unspecified atom stereocenters. The van der Waals surface area contributed by atoms with Crippen molar-refractivity contribution >= 4 is 5.69 Å². The lowest BCUT2D eigenvalue weighted by molar-refractivity contribution is -0.387. The summed E-state index contributed by atoms with van der Waals surface area (Å²) < 4.78 is 15.4. The Bertz CT molecular complexity index is 609. The van der Waals surface area contributed by atoms with Crippen LogP contribution in [-0.2, 0) is 6.54 Å². The van der Waals surface area contributed by atoms with Gasteiger partial charge in [-0.3, -0.25) is 10.1 Å². The van der Waals surface area contributed by atoms with E-state index >= 15 is 0 Å². The summed E-state index contributed by atoms with van der Waals surface area (Å²) in [6.07, 6.45) is 0. The van der Waals surface area contributed by atoms with E-state index in [1.54, 1.807) is 13.8 Å². The first-order valence-electron chi connectivity index (χ1n) is 5.29. The molecule has 6 nitrogen and oxygen atoms in total. The third kappa shape index (κ3) is 2.20. The van der Waals surface area contributed by atoms with Gasteiger partial charge < -0.3 is 0 Å². The minimum absolute atomic E-state index is 0.125. The molecular formula is C11H11FN4O2. The van der Waals surface area contributed by atoms with Crippen molar-refractivity contribution in [1.82, 2.24) is 14.8 Å². The van der Waals surface area contributed by atoms with E-state index in [0.29, 0.717) is 11.6 Å². The number of hydrogen-bond donors (Lipinski definition) is 0. The number of aryl methyl sites for hydroxylation is 2. The summed E-state index contributed by atoms with van der Waals surface area (Å²) >= 11 is 0. The molecule has 0 N–H and O–H groups in total. The summed E-state index contributed by atoms with van der Waals surface area (Å²) in [6.45, 7) is 3.60. The highest BCUT2D eigenvalue weighted by Gasteiger charge is 2.18. The molecular weight excluding hydrogens is 239 g/mol. The predicted molar refractivity (Wildman–Crippen MR) is 61.7 cm³/mol. The zero-order valence-electron chi connectivity index (χ0n) is 9.92. The van der Waals surface area contributed by atoms with Gasteiger partial charge in [0, 0.05) is 11.6 Å². The molecule has 94 valence electrons. The number of nitro groups is 1. The SMILES string of the molecule is Cc1nc(C)n(Cc2cccc([N+](=O)[O-])c2F)n1. The van der Waals surface area contributed by atoms with Gasteiger partial charge in [-0.2, -0.15) is 9.49 Å². The monoisotopic (exact) mass is 250 g/mol. The van der Waals surface area contributed by atoms with Crippen molar-refractivity contribution in [2.24, 2.45) is 0 Å². The van der Waals surface area contributed by atoms with Gasteiger partial charge in [0.25, 0.3) is 0 Å². The molecule has 0 radical (unpaired) electrons. The third-order valence-electron chi connectivity index (χ3n) is 2.54. The van der Waals surface area contributed by atoms with Crippen molar-refractivity contribution in [2.45, 2.75) is 20.4 Å². The molecule has 0 aliphatic heterocycles. The summed E-state index contributed by atoms with van der Waals surface area (Å²) in [5.74, 6) is 0.395. The molecule has 2 rings (SSSR count). The number of aromatic nitrogens is 3. The standard InChI is InChI=1S/C11H11FN4O2/c1-7-13-8(2)15(14-7)6-9-4-3-5-10(11(9)12)16(17)18/h3-5H,6H2,1-2H3. The first kappa shape index (κ1) is 12.2. The van der Waals surface area contributed by atoms with Gasteiger partial charge in [0.05, 0.1) is 11.5 Å². The Morgan fingerprint density at radius 2 is 2.17 bits per heavy atom. The molecule has 0 bridgehead atoms. The minimum Gasteiger partial charge on any atom is -0.258 e. The molecule has 0 saturated heterocycles. The van der Waals surface area contributed by atoms with Crippen LogP contribution in [0.25, 0.3) is 0 Å². The van der Waals surface area contributed by atoms with Gasteiger partial charge >= 0.3 is 5.69 Å². The van der Waals surface area contributed by atoms with Crippen molar-refractivity contribution < 1.29 is 9.31 Å². The van der Waals surface area contributed by atoms with Crippen LogP contribution in [0.3, 0.4) is 0 Å². The van der Waals surface area contributed by atoms with Gasteiger partial charge in [-0.25, -0.2) is 9.67 Å². The highest BCUT2D eigenvalue weighted by atomic mass is 19.1. The van der Waals surface area contributed by atoms with Crippen molar-refractivity contribution in [1.29, 1.82) is 0 Å². The molecule has 2 aromatic rings. The van der Waals surface area contributed by atoms with Crippen molar-refractivity contribution in [2.75, 3.05) is 0 Å². The van der Waals surface area contributed by atoms with Crippen LogP contribution in [0.2, 0.25) is 0 Å². The number of nitro benzene ring substituents is 1. The number of hydrogen-bond acceptors (Lipinski definition) is 4. The smallest absolute Gasteiger partial charge is 0.258 e. The fourth-order valence-electron chi connectivity index (χ4n) is 1.70. The maximum Gasteiger partial charge on any atom is 0.305 e. The topological polar surface area (TPSA) is 73.8 Å². The molecule has 1 heterocycles. The van der Waals surface area contributed by atoms with Crippen LogP contribution in [-0.4, -0.2) is 19.7 Å². The number of halogens is 1. The van der Waals surface area contributed by atoms with Crippen LogP contribution in [0.1, 0.15) is 17.2 Å². The minimum atomic E-state index is -0.824. The summed E-state index contributed by atoms with van der Waals surface area (Å²) in [6, 6.07) is 4.09. The summed E-state index contributed by atoms with van der Waals surface area (Å²) in [5, 5.41) is 14.7. The lowest BCUT2D eigenvalue weighted by atomic mass is 10.2. The van der Waals surface area contributed by atoms with Crippen LogP contribution in [0.4, 0.5) is 10.1 Å². The molecule has 0 saturated carbocycles. The average Bonchev–Trinajstić information content (AvgIpc) is 2.60. The second kappa shape index (κ2) is 4.52. The van der Waals surface area contributed by atoms with Gasteiger partial charge in [0.1, 0.15) is 11.6 Å². The van der Waals surface area contributed by atoms with Crippen LogP contribution < -0.4 is 0 Å². The van der Waals surface area contributed by atoms with Gasteiger partial charge in [0.2, 0.25) is 5.82 Å². The summed E-state index contributed by atoms with van der Waals surface area (Å²) in [4.78, 5) is 14.0. The number of benzene rings is 1. The number of nitrogens with zero attached hydrogens (tertiary/aromatic N) is 4. The molecule has 0 aliphatic rings. The van der Waals surface area contributed by atoms with E-state index in [1.807, 2.05) is 0 Å². The Labute approximate surface area is 102 Å². The average molecular weight is 250 g/mol. The Kier molecular flexibility index (Phi) is 3.05. The van der Waals surface area contributed by atoms with Crippen LogP contribution in [0.15, 0.2) is 18.2 Å². The van der Waals surface area contributed by atoms with E-state index < -0.39 is 16.4 Å². The Balaban J connectivity index is 2.38. The summed E-state index contributed by atoms with van der Waals surface area (Å²) in [5.41, 5.74) is -0.306. The van der Waals surface area contributed by atoms with E-state index in [2.05, 4.69) is 10.1 Å². The second-order valence-corrected chi connectivity index (χ2v) is 3.87. The lowest BCUT2D eigenvalue weighted by Gasteiger charge is -2.04. The predicted octanol–water partition coefficient (Wildman–Crippen LogP) is 1.99. The summed E-state index contributed by atoms with van der Waals surface area (Å²) in [7, 11) is 0. The zero-order valence-corrected chi connectivity index (χ0v) is 9.92. The normalized spacial score (nSPS) is 10.6. The molecule has 1 aromatic heterocycles. The lowest BCUT2D eigenvalue weighted by Crippen LogP contribution is -2.07. The van der Waals surface area contributed by atoms with E-state index in [0.717, 1.165) is 6.07 Å². The molecule has 0 aliphatic carbocycles. The molecule has 0 amide bonds. The first-order valence-corrected chi connectivity index (χ1v) is 5.29. The molecule has 1 aromatic carbocycles. The van der Waals surface area contributed by atoms with Gasteiger partial charge in [0.15, 0.2) is 0 Å². The van der Waals surface area contributed by atoms with Crippen molar-refractivity contribution in [3.8, 4) is 0 Å². The number of rotatable bonds is 3. The van der Waals surface area contributed by atoms with Crippen LogP contribution >= 0.6 is 0 Å². The maximum atomic E-state index is 13.8. The highest BCUT2D eigenvalue weighted by molar-refractivity contribution is 5.36. The molecule has 7 heteroatoms. The molecule has 0 spiro atoms.